The van der Waals surface area contributed by atoms with Crippen molar-refractivity contribution in [1.82, 2.24) is 0 Å². The number of hydrogen-bond donors (Lipinski definition) is 0. The molecule has 0 aromatic heterocycles. The minimum Gasteiger partial charge on any atom is -0.494 e. The summed E-state index contributed by atoms with van der Waals surface area (Å²) >= 11 is 0. The van der Waals surface area contributed by atoms with Crippen molar-refractivity contribution in [3.8, 4) is 0 Å². The van der Waals surface area contributed by atoms with Crippen LogP contribution in [-0.2, 0) is 20.7 Å². The van der Waals surface area contributed by atoms with Gasteiger partial charge in [-0.1, -0.05) is 24.3 Å². The van der Waals surface area contributed by atoms with E-state index in [0.717, 1.165) is 11.3 Å². The topological polar surface area (TPSA) is 46.6 Å². The highest BCUT2D eigenvalue weighted by molar-refractivity contribution is 6.04. The Bertz CT molecular complexity index is 675. The summed E-state index contributed by atoms with van der Waals surface area (Å²) in [6.07, 6.45) is 5.70. The smallest absolute Gasteiger partial charge is 0.231 e. The van der Waals surface area contributed by atoms with E-state index < -0.39 is 5.92 Å². The number of allylic oxidation sites excluding steroid dienone is 3. The average molecular weight is 297 g/mol. The Labute approximate surface area is 130 Å². The summed E-state index contributed by atoms with van der Waals surface area (Å²) in [6.45, 7) is 2.40. The Balaban J connectivity index is 1.87. The van der Waals surface area contributed by atoms with Gasteiger partial charge in [0.1, 0.15) is 5.76 Å². The minimum atomic E-state index is -0.410. The fraction of sp³-hybridized carbons (Fsp3) is 0.333. The van der Waals surface area contributed by atoms with E-state index in [1.54, 1.807) is 24.1 Å². The molecule has 0 saturated heterocycles. The van der Waals surface area contributed by atoms with Gasteiger partial charge in [-0.15, -0.1) is 0 Å². The Morgan fingerprint density at radius 1 is 1.27 bits per heavy atom. The predicted octanol–water partition coefficient (Wildman–Crippen LogP) is 2.50. The molecule has 4 heteroatoms. The highest BCUT2D eigenvalue weighted by Crippen LogP contribution is 2.35. The molecule has 2 aliphatic rings. The third-order valence-corrected chi connectivity index (χ3v) is 4.27. The largest absolute Gasteiger partial charge is 0.494 e. The summed E-state index contributed by atoms with van der Waals surface area (Å²) in [6, 6.07) is 7.84. The van der Waals surface area contributed by atoms with Gasteiger partial charge in [0, 0.05) is 18.8 Å². The number of ketones is 1. The zero-order valence-electron chi connectivity index (χ0n) is 12.8. The van der Waals surface area contributed by atoms with Crippen molar-refractivity contribution in [3.63, 3.8) is 0 Å². The minimum absolute atomic E-state index is 0.00467. The number of anilines is 1. The van der Waals surface area contributed by atoms with Crippen LogP contribution < -0.4 is 4.90 Å². The van der Waals surface area contributed by atoms with Gasteiger partial charge in [0.25, 0.3) is 0 Å². The quantitative estimate of drug-likeness (QED) is 0.861. The van der Waals surface area contributed by atoms with Crippen LogP contribution in [0.1, 0.15) is 12.5 Å². The molecule has 1 aliphatic carbocycles. The second-order valence-corrected chi connectivity index (χ2v) is 5.60. The summed E-state index contributed by atoms with van der Waals surface area (Å²) < 4.78 is 5.35. The molecular weight excluding hydrogens is 278 g/mol. The molecule has 1 amide bonds. The van der Waals surface area contributed by atoms with Gasteiger partial charge in [0.05, 0.1) is 18.4 Å². The van der Waals surface area contributed by atoms with Crippen molar-refractivity contribution >= 4 is 17.4 Å². The van der Waals surface area contributed by atoms with Gasteiger partial charge in [-0.05, 0) is 31.1 Å². The molecule has 0 saturated carbocycles. The number of nitrogens with zero attached hydrogens (tertiary/aromatic N) is 1. The van der Waals surface area contributed by atoms with Gasteiger partial charge in [0.2, 0.25) is 5.91 Å². The highest BCUT2D eigenvalue weighted by atomic mass is 16.5. The first-order valence-corrected chi connectivity index (χ1v) is 7.54. The molecule has 0 bridgehead atoms. The average Bonchev–Trinajstić information content (AvgIpc) is 2.52. The van der Waals surface area contributed by atoms with Crippen LogP contribution in [0.15, 0.2) is 48.3 Å². The number of hydrogen-bond acceptors (Lipinski definition) is 3. The van der Waals surface area contributed by atoms with Gasteiger partial charge in [-0.25, -0.2) is 0 Å². The van der Waals surface area contributed by atoms with Crippen LogP contribution >= 0.6 is 0 Å². The Morgan fingerprint density at radius 3 is 2.77 bits per heavy atom. The van der Waals surface area contributed by atoms with E-state index in [-0.39, 0.29) is 17.6 Å². The van der Waals surface area contributed by atoms with Gasteiger partial charge in [-0.3, -0.25) is 9.59 Å². The summed E-state index contributed by atoms with van der Waals surface area (Å²) in [7, 11) is 1.77. The van der Waals surface area contributed by atoms with Crippen LogP contribution in [0.4, 0.5) is 5.69 Å². The van der Waals surface area contributed by atoms with Crippen LogP contribution in [-0.4, -0.2) is 25.3 Å². The lowest BCUT2D eigenvalue weighted by Crippen LogP contribution is -2.43. The summed E-state index contributed by atoms with van der Waals surface area (Å²) in [5.74, 6) is -0.247. The first-order chi connectivity index (χ1) is 10.6. The number of rotatable bonds is 3. The monoisotopic (exact) mass is 297 g/mol. The number of carbonyl (C=O) groups is 2. The highest BCUT2D eigenvalue weighted by Gasteiger charge is 2.38. The summed E-state index contributed by atoms with van der Waals surface area (Å²) in [4.78, 5) is 26.7. The van der Waals surface area contributed by atoms with Crippen molar-refractivity contribution in [3.05, 3.63) is 53.8 Å². The zero-order chi connectivity index (χ0) is 15.7. The molecule has 0 radical (unpaired) electrons. The maximum atomic E-state index is 12.6. The lowest BCUT2D eigenvalue weighted by Gasteiger charge is -2.34. The van der Waals surface area contributed by atoms with Crippen molar-refractivity contribution in [2.24, 2.45) is 11.8 Å². The third-order valence-electron chi connectivity index (χ3n) is 4.27. The van der Waals surface area contributed by atoms with Gasteiger partial charge >= 0.3 is 0 Å². The molecular formula is C18H19NO3. The zero-order valence-corrected chi connectivity index (χ0v) is 12.8. The van der Waals surface area contributed by atoms with E-state index in [0.29, 0.717) is 18.8 Å². The van der Waals surface area contributed by atoms with Gasteiger partial charge < -0.3 is 9.64 Å². The number of para-hydroxylation sites is 1. The normalized spacial score (nSPS) is 24.1. The van der Waals surface area contributed by atoms with E-state index in [2.05, 4.69) is 0 Å². The summed E-state index contributed by atoms with van der Waals surface area (Å²) in [5, 5.41) is 0. The second-order valence-electron chi connectivity index (χ2n) is 5.60. The lowest BCUT2D eigenvalue weighted by atomic mass is 9.78. The van der Waals surface area contributed by atoms with Gasteiger partial charge in [-0.2, -0.15) is 0 Å². The molecule has 1 heterocycles. The van der Waals surface area contributed by atoms with Gasteiger partial charge in [0.15, 0.2) is 5.78 Å². The van der Waals surface area contributed by atoms with E-state index in [4.69, 9.17) is 4.74 Å². The fourth-order valence-corrected chi connectivity index (χ4v) is 3.15. The molecule has 1 aliphatic heterocycles. The number of amides is 1. The molecule has 0 fully saturated rings. The Morgan fingerprint density at radius 2 is 2.05 bits per heavy atom. The molecule has 2 atom stereocenters. The predicted molar refractivity (Wildman–Crippen MR) is 84.4 cm³/mol. The van der Waals surface area contributed by atoms with E-state index >= 15 is 0 Å². The molecule has 22 heavy (non-hydrogen) atoms. The fourth-order valence-electron chi connectivity index (χ4n) is 3.15. The maximum Gasteiger partial charge on any atom is 0.231 e. The van der Waals surface area contributed by atoms with E-state index in [1.807, 2.05) is 31.2 Å². The number of benzene rings is 1. The molecule has 114 valence electrons. The maximum absolute atomic E-state index is 12.6. The number of carbonyl (C=O) groups excluding carboxylic acids is 2. The molecule has 0 N–H and O–H groups in total. The van der Waals surface area contributed by atoms with Crippen LogP contribution in [0.3, 0.4) is 0 Å². The second kappa shape index (κ2) is 5.79. The Kier molecular flexibility index (Phi) is 3.84. The van der Waals surface area contributed by atoms with Crippen LogP contribution in [0, 0.1) is 11.8 Å². The lowest BCUT2D eigenvalue weighted by molar-refractivity contribution is -0.128. The third kappa shape index (κ3) is 2.45. The van der Waals surface area contributed by atoms with Crippen LogP contribution in [0.2, 0.25) is 0 Å². The van der Waals surface area contributed by atoms with Crippen LogP contribution in [0.25, 0.3) is 0 Å². The summed E-state index contributed by atoms with van der Waals surface area (Å²) in [5.41, 5.74) is 2.04. The molecule has 3 rings (SSSR count). The van der Waals surface area contributed by atoms with E-state index in [1.165, 1.54) is 6.08 Å². The van der Waals surface area contributed by atoms with Crippen molar-refractivity contribution < 1.29 is 14.3 Å². The molecule has 4 nitrogen and oxygen atoms in total. The van der Waals surface area contributed by atoms with Crippen molar-refractivity contribution in [2.45, 2.75) is 13.3 Å². The molecule has 1 aromatic rings. The van der Waals surface area contributed by atoms with E-state index in [9.17, 15) is 9.59 Å². The Hall–Kier alpha value is -2.36. The SMILES string of the molecule is CCOC1=CC(=O)C(C2Cc3ccccc3N(C)C2=O)C=C1. The van der Waals surface area contributed by atoms with Crippen LogP contribution in [0.5, 0.6) is 0 Å². The molecule has 2 unspecified atom stereocenters. The first-order valence-electron chi connectivity index (χ1n) is 7.54. The number of fused-ring (bicyclic) bond motifs is 1. The van der Waals surface area contributed by atoms with Crippen molar-refractivity contribution in [1.29, 1.82) is 0 Å². The molecule has 1 aromatic carbocycles. The number of ether oxygens (including phenoxy) is 1. The molecule has 0 spiro atoms. The van der Waals surface area contributed by atoms with Crippen molar-refractivity contribution in [2.75, 3.05) is 18.6 Å². The standard InChI is InChI=1S/C18H19NO3/c1-3-22-13-8-9-14(17(20)11-13)15-10-12-6-4-5-7-16(12)19(2)18(15)21/h4-9,11,14-15H,3,10H2,1-2H3. The first kappa shape index (κ1) is 14.6.